The molecule has 1 atom stereocenters. The van der Waals surface area contributed by atoms with Gasteiger partial charge in [-0.3, -0.25) is 4.79 Å². The maximum atomic E-state index is 12.6. The van der Waals surface area contributed by atoms with Gasteiger partial charge in [-0.2, -0.15) is 0 Å². The number of anilines is 1. The standard InChI is InChI=1S/C17H19N3O2S/c1-9-3-4-12(21)11(7-9)15-18-16(22)14-10-5-6-20(2)8-13(10)23-17(14)19-15/h3-4,7,15,19,21H,5-6,8H2,1-2H3,(H,18,22)/t15-/m1/s1. The van der Waals surface area contributed by atoms with Crippen LogP contribution in [0.2, 0.25) is 0 Å². The van der Waals surface area contributed by atoms with Gasteiger partial charge in [0, 0.05) is 23.5 Å². The van der Waals surface area contributed by atoms with Crippen molar-refractivity contribution in [2.45, 2.75) is 26.1 Å². The molecule has 6 heteroatoms. The van der Waals surface area contributed by atoms with E-state index < -0.39 is 6.17 Å². The molecular weight excluding hydrogens is 310 g/mol. The SMILES string of the molecule is Cc1ccc(O)c([C@@H]2NC(=O)c3c(sc4c3CCN(C)C4)N2)c1. The van der Waals surface area contributed by atoms with Crippen LogP contribution in [0.25, 0.3) is 0 Å². The number of fused-ring (bicyclic) bond motifs is 3. The Morgan fingerprint density at radius 2 is 2.17 bits per heavy atom. The van der Waals surface area contributed by atoms with Gasteiger partial charge in [-0.1, -0.05) is 11.6 Å². The molecule has 0 spiro atoms. The predicted octanol–water partition coefficient (Wildman–Crippen LogP) is 2.60. The summed E-state index contributed by atoms with van der Waals surface area (Å²) < 4.78 is 0. The number of nitrogens with zero attached hydrogens (tertiary/aromatic N) is 1. The molecule has 1 amide bonds. The van der Waals surface area contributed by atoms with Crippen molar-refractivity contribution >= 4 is 22.2 Å². The minimum Gasteiger partial charge on any atom is -0.508 e. The number of phenolic OH excluding ortho intramolecular Hbond substituents is 1. The smallest absolute Gasteiger partial charge is 0.256 e. The fraction of sp³-hybridized carbons (Fsp3) is 0.353. The first-order valence-electron chi connectivity index (χ1n) is 7.73. The first kappa shape index (κ1) is 14.5. The lowest BCUT2D eigenvalue weighted by atomic mass is 10.00. The summed E-state index contributed by atoms with van der Waals surface area (Å²) in [5.74, 6) is 0.143. The highest BCUT2D eigenvalue weighted by Crippen LogP contribution is 2.41. The van der Waals surface area contributed by atoms with Crippen molar-refractivity contribution < 1.29 is 9.90 Å². The van der Waals surface area contributed by atoms with Gasteiger partial charge in [-0.05, 0) is 38.1 Å². The van der Waals surface area contributed by atoms with Gasteiger partial charge in [0.15, 0.2) is 0 Å². The van der Waals surface area contributed by atoms with Crippen LogP contribution in [0.3, 0.4) is 0 Å². The number of rotatable bonds is 1. The van der Waals surface area contributed by atoms with Crippen LogP contribution in [0.4, 0.5) is 5.00 Å². The topological polar surface area (TPSA) is 64.6 Å². The zero-order valence-corrected chi connectivity index (χ0v) is 14.0. The first-order valence-corrected chi connectivity index (χ1v) is 8.54. The van der Waals surface area contributed by atoms with E-state index in [1.807, 2.05) is 19.1 Å². The highest BCUT2D eigenvalue weighted by Gasteiger charge is 2.33. The second kappa shape index (κ2) is 5.25. The number of carbonyl (C=O) groups is 1. The van der Waals surface area contributed by atoms with E-state index in [0.717, 1.165) is 35.6 Å². The lowest BCUT2D eigenvalue weighted by Crippen LogP contribution is -2.38. The number of amides is 1. The van der Waals surface area contributed by atoms with E-state index >= 15 is 0 Å². The highest BCUT2D eigenvalue weighted by molar-refractivity contribution is 7.16. The summed E-state index contributed by atoms with van der Waals surface area (Å²) in [5.41, 5.74) is 3.72. The molecule has 0 bridgehead atoms. The molecule has 0 saturated heterocycles. The van der Waals surface area contributed by atoms with Crippen LogP contribution < -0.4 is 10.6 Å². The van der Waals surface area contributed by atoms with Gasteiger partial charge in [0.1, 0.15) is 16.9 Å². The highest BCUT2D eigenvalue weighted by atomic mass is 32.1. The van der Waals surface area contributed by atoms with Gasteiger partial charge in [0.25, 0.3) is 5.91 Å². The summed E-state index contributed by atoms with van der Waals surface area (Å²) in [6.45, 7) is 3.84. The zero-order chi connectivity index (χ0) is 16.1. The van der Waals surface area contributed by atoms with Crippen molar-refractivity contribution in [3.8, 4) is 5.75 Å². The molecule has 0 fully saturated rings. The number of likely N-dealkylation sites (N-methyl/N-ethyl adjacent to an activating group) is 1. The number of carbonyl (C=O) groups excluding carboxylic acids is 1. The van der Waals surface area contributed by atoms with E-state index in [0.29, 0.717) is 5.56 Å². The number of hydrogen-bond donors (Lipinski definition) is 3. The van der Waals surface area contributed by atoms with Crippen molar-refractivity contribution in [1.82, 2.24) is 10.2 Å². The number of phenols is 1. The van der Waals surface area contributed by atoms with Crippen LogP contribution in [-0.4, -0.2) is 29.5 Å². The summed E-state index contributed by atoms with van der Waals surface area (Å²) in [6.07, 6.45) is 0.514. The van der Waals surface area contributed by atoms with Gasteiger partial charge >= 0.3 is 0 Å². The molecule has 1 aromatic carbocycles. The molecule has 23 heavy (non-hydrogen) atoms. The minimum atomic E-state index is -0.396. The van der Waals surface area contributed by atoms with Crippen LogP contribution in [0.15, 0.2) is 18.2 Å². The average molecular weight is 329 g/mol. The molecule has 0 unspecified atom stereocenters. The second-order valence-electron chi connectivity index (χ2n) is 6.31. The largest absolute Gasteiger partial charge is 0.508 e. The van der Waals surface area contributed by atoms with Gasteiger partial charge in [0.05, 0.1) is 5.56 Å². The van der Waals surface area contributed by atoms with E-state index in [2.05, 4.69) is 22.6 Å². The lowest BCUT2D eigenvalue weighted by molar-refractivity contribution is 0.0934. The van der Waals surface area contributed by atoms with Crippen molar-refractivity contribution in [3.05, 3.63) is 45.3 Å². The predicted molar refractivity (Wildman–Crippen MR) is 91.0 cm³/mol. The molecule has 3 N–H and O–H groups in total. The van der Waals surface area contributed by atoms with Gasteiger partial charge in [0.2, 0.25) is 0 Å². The normalized spacial score (nSPS) is 20.4. The third-order valence-electron chi connectivity index (χ3n) is 4.52. The summed E-state index contributed by atoms with van der Waals surface area (Å²) in [7, 11) is 2.10. The Kier molecular flexibility index (Phi) is 3.32. The number of hydrogen-bond acceptors (Lipinski definition) is 5. The second-order valence-corrected chi connectivity index (χ2v) is 7.41. The van der Waals surface area contributed by atoms with Crippen molar-refractivity contribution in [1.29, 1.82) is 0 Å². The van der Waals surface area contributed by atoms with Crippen LogP contribution in [0.1, 0.15) is 38.1 Å². The summed E-state index contributed by atoms with van der Waals surface area (Å²) in [5, 5.41) is 17.4. The van der Waals surface area contributed by atoms with Crippen molar-refractivity contribution in [2.24, 2.45) is 0 Å². The van der Waals surface area contributed by atoms with E-state index in [-0.39, 0.29) is 11.7 Å². The van der Waals surface area contributed by atoms with Crippen molar-refractivity contribution in [3.63, 3.8) is 0 Å². The van der Waals surface area contributed by atoms with Gasteiger partial charge < -0.3 is 20.6 Å². The molecule has 3 heterocycles. The number of benzene rings is 1. The molecule has 2 aliphatic rings. The minimum absolute atomic E-state index is 0.0493. The van der Waals surface area contributed by atoms with Gasteiger partial charge in [-0.15, -0.1) is 11.3 Å². The molecule has 1 aromatic heterocycles. The third-order valence-corrected chi connectivity index (χ3v) is 5.67. The van der Waals surface area contributed by atoms with Crippen LogP contribution >= 0.6 is 11.3 Å². The summed E-state index contributed by atoms with van der Waals surface area (Å²) >= 11 is 1.66. The number of nitrogens with one attached hydrogen (secondary N) is 2. The monoisotopic (exact) mass is 329 g/mol. The maximum absolute atomic E-state index is 12.6. The Bertz CT molecular complexity index is 799. The Hall–Kier alpha value is -2.05. The van der Waals surface area contributed by atoms with E-state index in [4.69, 9.17) is 0 Å². The van der Waals surface area contributed by atoms with Crippen LogP contribution in [0, 0.1) is 6.92 Å². The van der Waals surface area contributed by atoms with E-state index in [1.165, 1.54) is 10.4 Å². The third kappa shape index (κ3) is 2.38. The Balaban J connectivity index is 1.73. The Morgan fingerprint density at radius 3 is 3.00 bits per heavy atom. The molecule has 120 valence electrons. The van der Waals surface area contributed by atoms with Crippen LogP contribution in [0.5, 0.6) is 5.75 Å². The van der Waals surface area contributed by atoms with E-state index in [1.54, 1.807) is 17.4 Å². The molecule has 2 aliphatic heterocycles. The average Bonchev–Trinajstić information content (AvgIpc) is 2.87. The molecule has 4 rings (SSSR count). The number of aromatic hydroxyl groups is 1. The maximum Gasteiger partial charge on any atom is 0.256 e. The Labute approximate surface area is 138 Å². The fourth-order valence-corrected chi connectivity index (χ4v) is 4.66. The summed E-state index contributed by atoms with van der Waals surface area (Å²) in [6, 6.07) is 5.43. The molecule has 2 aromatic rings. The number of aryl methyl sites for hydroxylation is 1. The molecule has 0 radical (unpaired) electrons. The van der Waals surface area contributed by atoms with Gasteiger partial charge in [-0.25, -0.2) is 0 Å². The zero-order valence-electron chi connectivity index (χ0n) is 13.1. The first-order chi connectivity index (χ1) is 11.0. The molecule has 5 nitrogen and oxygen atoms in total. The quantitative estimate of drug-likeness (QED) is 0.752. The van der Waals surface area contributed by atoms with Crippen molar-refractivity contribution in [2.75, 3.05) is 18.9 Å². The van der Waals surface area contributed by atoms with Crippen LogP contribution in [-0.2, 0) is 13.0 Å². The Morgan fingerprint density at radius 1 is 1.35 bits per heavy atom. The molecular formula is C17H19N3O2S. The summed E-state index contributed by atoms with van der Waals surface area (Å²) in [4.78, 5) is 16.2. The lowest BCUT2D eigenvalue weighted by Gasteiger charge is -2.28. The fourth-order valence-electron chi connectivity index (χ4n) is 3.30. The molecule has 0 aliphatic carbocycles. The number of thiophene rings is 1. The van der Waals surface area contributed by atoms with E-state index in [9.17, 15) is 9.90 Å². The molecule has 0 saturated carbocycles.